The molecule has 1 fully saturated rings. The number of halogens is 2. The summed E-state index contributed by atoms with van der Waals surface area (Å²) in [6.45, 7) is 4.70. The van der Waals surface area contributed by atoms with Gasteiger partial charge in [0.2, 0.25) is 5.91 Å². The molecule has 0 aliphatic carbocycles. The molecule has 0 bridgehead atoms. The van der Waals surface area contributed by atoms with Gasteiger partial charge in [0.15, 0.2) is 0 Å². The number of benzene rings is 2. The number of nitrogens with zero attached hydrogens (tertiary/aromatic N) is 1. The van der Waals surface area contributed by atoms with Gasteiger partial charge in [0, 0.05) is 24.7 Å². The highest BCUT2D eigenvalue weighted by atomic mass is 35.5. The van der Waals surface area contributed by atoms with Crippen molar-refractivity contribution in [3.8, 4) is 0 Å². The third-order valence-corrected chi connectivity index (χ3v) is 6.39. The Morgan fingerprint density at radius 2 is 1.79 bits per heavy atom. The van der Waals surface area contributed by atoms with Crippen molar-refractivity contribution in [3.05, 3.63) is 70.5 Å². The SMILES string of the molecule is CC[C@@H](C)NC(=O)[C@H](NC(=O)c1ccccc1Cl)C1CCN(C(=O)c2cccc(F)c2)CC1. The topological polar surface area (TPSA) is 78.5 Å². The van der Waals surface area contributed by atoms with E-state index in [1.165, 1.54) is 18.2 Å². The molecule has 1 aliphatic heterocycles. The van der Waals surface area contributed by atoms with Gasteiger partial charge in [-0.3, -0.25) is 14.4 Å². The van der Waals surface area contributed by atoms with Crippen LogP contribution in [0.25, 0.3) is 0 Å². The van der Waals surface area contributed by atoms with Crippen molar-refractivity contribution in [2.75, 3.05) is 13.1 Å². The number of rotatable bonds is 7. The summed E-state index contributed by atoms with van der Waals surface area (Å²) in [5, 5.41) is 6.14. The Morgan fingerprint density at radius 3 is 2.42 bits per heavy atom. The molecule has 0 saturated carbocycles. The number of carbonyl (C=O) groups is 3. The lowest BCUT2D eigenvalue weighted by Crippen LogP contribution is -2.55. The maximum absolute atomic E-state index is 13.5. The van der Waals surface area contributed by atoms with Crippen LogP contribution in [-0.4, -0.2) is 47.8 Å². The van der Waals surface area contributed by atoms with Crippen LogP contribution in [0.4, 0.5) is 4.39 Å². The van der Waals surface area contributed by atoms with E-state index in [9.17, 15) is 18.8 Å². The summed E-state index contributed by atoms with van der Waals surface area (Å²) in [6.07, 6.45) is 1.82. The number of hydrogen-bond acceptors (Lipinski definition) is 3. The first-order chi connectivity index (χ1) is 15.8. The number of nitrogens with one attached hydrogen (secondary N) is 2. The molecule has 8 heteroatoms. The third-order valence-electron chi connectivity index (χ3n) is 6.06. The second-order valence-corrected chi connectivity index (χ2v) is 8.80. The predicted molar refractivity (Wildman–Crippen MR) is 126 cm³/mol. The summed E-state index contributed by atoms with van der Waals surface area (Å²) < 4.78 is 13.5. The summed E-state index contributed by atoms with van der Waals surface area (Å²) >= 11 is 6.17. The van der Waals surface area contributed by atoms with Crippen LogP contribution < -0.4 is 10.6 Å². The van der Waals surface area contributed by atoms with Gasteiger partial charge in [0.25, 0.3) is 11.8 Å². The number of piperidine rings is 1. The lowest BCUT2D eigenvalue weighted by Gasteiger charge is -2.36. The second-order valence-electron chi connectivity index (χ2n) is 8.39. The molecule has 3 amide bonds. The molecule has 0 spiro atoms. The Bertz CT molecular complexity index is 1010. The van der Waals surface area contributed by atoms with Crippen LogP contribution in [0.3, 0.4) is 0 Å². The van der Waals surface area contributed by atoms with Gasteiger partial charge in [0.1, 0.15) is 11.9 Å². The van der Waals surface area contributed by atoms with Gasteiger partial charge in [-0.1, -0.05) is 36.7 Å². The summed E-state index contributed by atoms with van der Waals surface area (Å²) in [7, 11) is 0. The van der Waals surface area contributed by atoms with E-state index in [0.717, 1.165) is 6.42 Å². The molecule has 1 saturated heterocycles. The van der Waals surface area contributed by atoms with Crippen molar-refractivity contribution in [2.45, 2.75) is 45.2 Å². The van der Waals surface area contributed by atoms with Gasteiger partial charge in [-0.15, -0.1) is 0 Å². The van der Waals surface area contributed by atoms with E-state index in [1.807, 2.05) is 13.8 Å². The number of hydrogen-bond donors (Lipinski definition) is 2. The fourth-order valence-corrected chi connectivity index (χ4v) is 4.16. The van der Waals surface area contributed by atoms with Crippen LogP contribution in [0, 0.1) is 11.7 Å². The Morgan fingerprint density at radius 1 is 1.09 bits per heavy atom. The van der Waals surface area contributed by atoms with Crippen LogP contribution >= 0.6 is 11.6 Å². The minimum absolute atomic E-state index is 0.0353. The average molecular weight is 474 g/mol. The normalized spacial score (nSPS) is 16.1. The van der Waals surface area contributed by atoms with Crippen molar-refractivity contribution in [1.29, 1.82) is 0 Å². The molecule has 2 aromatic carbocycles. The molecule has 2 aromatic rings. The van der Waals surface area contributed by atoms with Crippen molar-refractivity contribution in [3.63, 3.8) is 0 Å². The number of likely N-dealkylation sites (tertiary alicyclic amines) is 1. The minimum Gasteiger partial charge on any atom is -0.352 e. The molecule has 1 heterocycles. The Balaban J connectivity index is 1.71. The zero-order valence-corrected chi connectivity index (χ0v) is 19.6. The van der Waals surface area contributed by atoms with Gasteiger partial charge >= 0.3 is 0 Å². The van der Waals surface area contributed by atoms with Crippen molar-refractivity contribution < 1.29 is 18.8 Å². The Kier molecular flexibility index (Phi) is 8.44. The van der Waals surface area contributed by atoms with Crippen LogP contribution in [0.15, 0.2) is 48.5 Å². The standard InChI is InChI=1S/C25H29ClFN3O3/c1-3-16(2)28-24(32)22(29-23(31)20-9-4-5-10-21(20)26)17-11-13-30(14-12-17)25(33)18-7-6-8-19(27)15-18/h4-10,15-17,22H,3,11-14H2,1-2H3,(H,28,32)(H,29,31)/t16-,22-/m1/s1. The maximum Gasteiger partial charge on any atom is 0.253 e. The highest BCUT2D eigenvalue weighted by Gasteiger charge is 2.34. The van der Waals surface area contributed by atoms with Crippen molar-refractivity contribution in [2.24, 2.45) is 5.92 Å². The zero-order valence-electron chi connectivity index (χ0n) is 18.8. The molecule has 2 N–H and O–H groups in total. The van der Waals surface area contributed by atoms with Gasteiger partial charge < -0.3 is 15.5 Å². The smallest absolute Gasteiger partial charge is 0.253 e. The molecule has 3 rings (SSSR count). The van der Waals surface area contributed by atoms with E-state index in [1.54, 1.807) is 35.2 Å². The van der Waals surface area contributed by atoms with Gasteiger partial charge in [-0.05, 0) is 62.4 Å². The van der Waals surface area contributed by atoms with Crippen molar-refractivity contribution >= 4 is 29.3 Å². The molecule has 2 atom stereocenters. The van der Waals surface area contributed by atoms with E-state index < -0.39 is 17.8 Å². The fraction of sp³-hybridized carbons (Fsp3) is 0.400. The lowest BCUT2D eigenvalue weighted by molar-refractivity contribution is -0.125. The summed E-state index contributed by atoms with van der Waals surface area (Å²) in [6, 6.07) is 11.5. The summed E-state index contributed by atoms with van der Waals surface area (Å²) in [5.41, 5.74) is 0.603. The van der Waals surface area contributed by atoms with E-state index >= 15 is 0 Å². The first-order valence-corrected chi connectivity index (χ1v) is 11.6. The molecule has 0 radical (unpaired) electrons. The lowest BCUT2D eigenvalue weighted by atomic mass is 9.88. The van der Waals surface area contributed by atoms with E-state index in [0.29, 0.717) is 42.1 Å². The van der Waals surface area contributed by atoms with Crippen LogP contribution in [0.5, 0.6) is 0 Å². The zero-order chi connectivity index (χ0) is 24.0. The molecular weight excluding hydrogens is 445 g/mol. The molecule has 1 aliphatic rings. The molecule has 33 heavy (non-hydrogen) atoms. The largest absolute Gasteiger partial charge is 0.352 e. The summed E-state index contributed by atoms with van der Waals surface area (Å²) in [4.78, 5) is 40.3. The first-order valence-electron chi connectivity index (χ1n) is 11.2. The predicted octanol–water partition coefficient (Wildman–Crippen LogP) is 4.04. The highest BCUT2D eigenvalue weighted by Crippen LogP contribution is 2.24. The van der Waals surface area contributed by atoms with Gasteiger partial charge in [-0.25, -0.2) is 4.39 Å². The number of carbonyl (C=O) groups excluding carboxylic acids is 3. The highest BCUT2D eigenvalue weighted by molar-refractivity contribution is 6.33. The molecular formula is C25H29ClFN3O3. The van der Waals surface area contributed by atoms with Crippen LogP contribution in [0.2, 0.25) is 5.02 Å². The maximum atomic E-state index is 13.5. The molecule has 6 nitrogen and oxygen atoms in total. The monoisotopic (exact) mass is 473 g/mol. The van der Waals surface area contributed by atoms with E-state index in [2.05, 4.69) is 10.6 Å². The minimum atomic E-state index is -0.755. The summed E-state index contributed by atoms with van der Waals surface area (Å²) in [5.74, 6) is -1.52. The molecule has 176 valence electrons. The van der Waals surface area contributed by atoms with Crippen molar-refractivity contribution in [1.82, 2.24) is 15.5 Å². The third kappa shape index (κ3) is 6.32. The van der Waals surface area contributed by atoms with E-state index in [-0.39, 0.29) is 23.8 Å². The van der Waals surface area contributed by atoms with Crippen LogP contribution in [0.1, 0.15) is 53.8 Å². The van der Waals surface area contributed by atoms with Gasteiger partial charge in [-0.2, -0.15) is 0 Å². The Hall–Kier alpha value is -2.93. The Labute approximate surface area is 198 Å². The average Bonchev–Trinajstić information content (AvgIpc) is 2.82. The first kappa shape index (κ1) is 24.7. The second kappa shape index (κ2) is 11.3. The van der Waals surface area contributed by atoms with Gasteiger partial charge in [0.05, 0.1) is 10.6 Å². The van der Waals surface area contributed by atoms with Crippen LogP contribution in [-0.2, 0) is 4.79 Å². The quantitative estimate of drug-likeness (QED) is 0.637. The molecule has 0 aromatic heterocycles. The van der Waals surface area contributed by atoms with E-state index in [4.69, 9.17) is 11.6 Å². The fourth-order valence-electron chi connectivity index (χ4n) is 3.94. The number of amides is 3. The molecule has 0 unspecified atom stereocenters.